The maximum Gasteiger partial charge on any atom is 0.331 e. The summed E-state index contributed by atoms with van der Waals surface area (Å²) in [5.41, 5.74) is 2.96. The number of fused-ring (bicyclic) bond motifs is 1. The normalized spacial score (nSPS) is 16.6. The highest BCUT2D eigenvalue weighted by atomic mass is 32.2. The number of imidazole rings is 1. The number of carbonyl (C=O) groups is 2. The van der Waals surface area contributed by atoms with Gasteiger partial charge in [0.1, 0.15) is 6.54 Å². The highest BCUT2D eigenvalue weighted by Crippen LogP contribution is 2.27. The molecule has 0 spiro atoms. The van der Waals surface area contributed by atoms with Crippen LogP contribution in [0.25, 0.3) is 5.65 Å². The number of carbonyl (C=O) groups excluding carboxylic acids is 2. The van der Waals surface area contributed by atoms with Crippen LogP contribution in [0.5, 0.6) is 0 Å². The maximum atomic E-state index is 12.4. The van der Waals surface area contributed by atoms with Crippen LogP contribution in [-0.2, 0) is 28.7 Å². The Bertz CT molecular complexity index is 931. The third kappa shape index (κ3) is 3.74. The number of hydrogen-bond acceptors (Lipinski definition) is 4. The SMILES string of the molecule is CCc1cc(N2CC(=O)N(C)C2=O)c2nc(CNS(=O)C(C)(C)C)cn2c1. The molecule has 2 aromatic rings. The smallest absolute Gasteiger partial charge is 0.305 e. The van der Waals surface area contributed by atoms with Crippen LogP contribution in [0.2, 0.25) is 0 Å². The molecule has 3 heterocycles. The van der Waals surface area contributed by atoms with E-state index in [0.29, 0.717) is 23.6 Å². The molecule has 1 N–H and O–H groups in total. The van der Waals surface area contributed by atoms with Crippen molar-refractivity contribution in [2.75, 3.05) is 18.5 Å². The summed E-state index contributed by atoms with van der Waals surface area (Å²) in [5, 5.41) is 0. The molecule has 1 atom stereocenters. The first-order chi connectivity index (χ1) is 12.6. The number of hydrogen-bond donors (Lipinski definition) is 1. The lowest BCUT2D eigenvalue weighted by atomic mass is 10.2. The molecular formula is C18H25N5O3S. The summed E-state index contributed by atoms with van der Waals surface area (Å²) in [4.78, 5) is 31.5. The van der Waals surface area contributed by atoms with E-state index in [-0.39, 0.29) is 23.2 Å². The van der Waals surface area contributed by atoms with Crippen LogP contribution in [0.15, 0.2) is 18.5 Å². The fourth-order valence-corrected chi connectivity index (χ4v) is 3.52. The zero-order chi connectivity index (χ0) is 19.9. The quantitative estimate of drug-likeness (QED) is 0.788. The number of aromatic nitrogens is 2. The third-order valence-electron chi connectivity index (χ3n) is 4.46. The Labute approximate surface area is 161 Å². The molecule has 9 heteroatoms. The van der Waals surface area contributed by atoms with Crippen molar-refractivity contribution in [1.82, 2.24) is 19.0 Å². The number of rotatable bonds is 5. The monoisotopic (exact) mass is 391 g/mol. The largest absolute Gasteiger partial charge is 0.331 e. The van der Waals surface area contributed by atoms with Crippen molar-refractivity contribution in [3.8, 4) is 0 Å². The molecule has 0 aliphatic carbocycles. The molecule has 2 aromatic heterocycles. The van der Waals surface area contributed by atoms with Crippen LogP contribution in [0.1, 0.15) is 39.0 Å². The Morgan fingerprint density at radius 2 is 1.96 bits per heavy atom. The van der Waals surface area contributed by atoms with Gasteiger partial charge in [-0.25, -0.2) is 18.7 Å². The highest BCUT2D eigenvalue weighted by Gasteiger charge is 2.35. The van der Waals surface area contributed by atoms with Gasteiger partial charge >= 0.3 is 6.03 Å². The van der Waals surface area contributed by atoms with E-state index in [1.807, 2.05) is 50.6 Å². The molecule has 1 unspecified atom stereocenters. The zero-order valence-electron chi connectivity index (χ0n) is 16.3. The Morgan fingerprint density at radius 1 is 1.26 bits per heavy atom. The molecule has 0 aromatic carbocycles. The number of imide groups is 1. The van der Waals surface area contributed by atoms with Gasteiger partial charge in [0, 0.05) is 19.4 Å². The number of urea groups is 1. The molecule has 1 aliphatic heterocycles. The first-order valence-electron chi connectivity index (χ1n) is 8.85. The summed E-state index contributed by atoms with van der Waals surface area (Å²) in [6.07, 6.45) is 4.60. The second-order valence-corrected chi connectivity index (χ2v) is 9.62. The van der Waals surface area contributed by atoms with E-state index in [0.717, 1.165) is 16.9 Å². The summed E-state index contributed by atoms with van der Waals surface area (Å²) < 4.78 is 16.7. The van der Waals surface area contributed by atoms with Gasteiger partial charge in [0.15, 0.2) is 5.65 Å². The van der Waals surface area contributed by atoms with E-state index < -0.39 is 11.0 Å². The van der Waals surface area contributed by atoms with Gasteiger partial charge in [-0.3, -0.25) is 14.6 Å². The van der Waals surface area contributed by atoms with Crippen LogP contribution in [0.4, 0.5) is 10.5 Å². The van der Waals surface area contributed by atoms with Crippen molar-refractivity contribution in [2.45, 2.75) is 45.4 Å². The third-order valence-corrected chi connectivity index (χ3v) is 5.98. The van der Waals surface area contributed by atoms with Crippen molar-refractivity contribution >= 4 is 34.3 Å². The molecule has 0 saturated carbocycles. The van der Waals surface area contributed by atoms with E-state index in [4.69, 9.17) is 0 Å². The van der Waals surface area contributed by atoms with E-state index in [1.54, 1.807) is 0 Å². The molecule has 1 fully saturated rings. The van der Waals surface area contributed by atoms with Crippen molar-refractivity contribution in [3.05, 3.63) is 29.7 Å². The minimum absolute atomic E-state index is 0.00659. The average molecular weight is 391 g/mol. The zero-order valence-corrected chi connectivity index (χ0v) is 17.1. The standard InChI is InChI=1S/C18H25N5O3S/c1-6-12-7-14(23-11-15(24)21(5)17(23)25)16-20-13(10-22(16)9-12)8-19-27(26)18(2,3)4/h7,9-10,19H,6,8,11H2,1-5H3. The molecule has 0 radical (unpaired) electrons. The predicted molar refractivity (Wildman–Crippen MR) is 105 cm³/mol. The van der Waals surface area contributed by atoms with E-state index >= 15 is 0 Å². The summed E-state index contributed by atoms with van der Waals surface area (Å²) >= 11 is 0. The van der Waals surface area contributed by atoms with Crippen molar-refractivity contribution in [2.24, 2.45) is 0 Å². The maximum absolute atomic E-state index is 12.4. The second kappa shape index (κ2) is 7.05. The number of pyridine rings is 1. The molecule has 1 aliphatic rings. The lowest BCUT2D eigenvalue weighted by Crippen LogP contribution is -2.32. The molecule has 3 amide bonds. The minimum atomic E-state index is -1.20. The number of aryl methyl sites for hydroxylation is 1. The van der Waals surface area contributed by atoms with Crippen molar-refractivity contribution in [1.29, 1.82) is 0 Å². The number of likely N-dealkylation sites (N-methyl/N-ethyl adjacent to an activating group) is 1. The minimum Gasteiger partial charge on any atom is -0.305 e. The summed E-state index contributed by atoms with van der Waals surface area (Å²) in [6, 6.07) is 1.55. The molecule has 27 heavy (non-hydrogen) atoms. The van der Waals surface area contributed by atoms with Gasteiger partial charge < -0.3 is 4.40 Å². The summed E-state index contributed by atoms with van der Waals surface area (Å²) in [6.45, 7) is 8.08. The topological polar surface area (TPSA) is 87.0 Å². The number of anilines is 1. The molecular weight excluding hydrogens is 366 g/mol. The highest BCUT2D eigenvalue weighted by molar-refractivity contribution is 7.84. The van der Waals surface area contributed by atoms with Crippen LogP contribution < -0.4 is 9.62 Å². The number of nitrogens with one attached hydrogen (secondary N) is 1. The van der Waals surface area contributed by atoms with Gasteiger partial charge in [-0.2, -0.15) is 0 Å². The van der Waals surface area contributed by atoms with Gasteiger partial charge in [-0.1, -0.05) is 6.92 Å². The Hall–Kier alpha value is -2.26. The van der Waals surface area contributed by atoms with Crippen LogP contribution >= 0.6 is 0 Å². The van der Waals surface area contributed by atoms with Crippen LogP contribution in [0.3, 0.4) is 0 Å². The van der Waals surface area contributed by atoms with Crippen molar-refractivity contribution < 1.29 is 13.8 Å². The van der Waals surface area contributed by atoms with E-state index in [9.17, 15) is 13.8 Å². The van der Waals surface area contributed by atoms with Crippen molar-refractivity contribution in [3.63, 3.8) is 0 Å². The van der Waals surface area contributed by atoms with Gasteiger partial charge in [-0.15, -0.1) is 0 Å². The first-order valence-corrected chi connectivity index (χ1v) is 10.0. The summed E-state index contributed by atoms with van der Waals surface area (Å²) in [5.74, 6) is -0.242. The van der Waals surface area contributed by atoms with E-state index in [2.05, 4.69) is 9.71 Å². The average Bonchev–Trinajstić information content (AvgIpc) is 3.13. The predicted octanol–water partition coefficient (Wildman–Crippen LogP) is 1.85. The van der Waals surface area contributed by atoms with Gasteiger partial charge in [-0.05, 0) is 38.8 Å². The lowest BCUT2D eigenvalue weighted by molar-refractivity contribution is -0.123. The Balaban J connectivity index is 1.97. The van der Waals surface area contributed by atoms with Gasteiger partial charge in [0.25, 0.3) is 0 Å². The first kappa shape index (κ1) is 19.5. The Morgan fingerprint density at radius 3 is 2.52 bits per heavy atom. The fourth-order valence-electron chi connectivity index (χ4n) is 2.81. The molecule has 8 nitrogen and oxygen atoms in total. The molecule has 0 bridgehead atoms. The van der Waals surface area contributed by atoms with Crippen LogP contribution in [0, 0.1) is 0 Å². The molecule has 146 valence electrons. The molecule has 1 saturated heterocycles. The van der Waals surface area contributed by atoms with E-state index in [1.165, 1.54) is 11.9 Å². The second-order valence-electron chi connectivity index (χ2n) is 7.57. The number of nitrogens with zero attached hydrogens (tertiary/aromatic N) is 4. The summed E-state index contributed by atoms with van der Waals surface area (Å²) in [7, 11) is 0.277. The lowest BCUT2D eigenvalue weighted by Gasteiger charge is -2.17. The fraction of sp³-hybridized carbons (Fsp3) is 0.500. The van der Waals surface area contributed by atoms with Gasteiger partial charge in [0.2, 0.25) is 5.91 Å². The Kier molecular flexibility index (Phi) is 5.09. The van der Waals surface area contributed by atoms with Crippen LogP contribution in [-0.4, -0.2) is 48.8 Å². The van der Waals surface area contributed by atoms with Gasteiger partial charge in [0.05, 0.1) is 33.7 Å². The molecule has 3 rings (SSSR count). The number of amides is 3.